The molecular weight excluding hydrogens is 269 g/mol. The molecule has 1 aromatic rings. The fraction of sp³-hybridized carbons (Fsp3) is 0.474. The molecule has 1 aromatic carbocycles. The molecule has 1 fully saturated rings. The Morgan fingerprint density at radius 3 is 2.73 bits per heavy atom. The highest BCUT2D eigenvalue weighted by atomic mass is 16.3. The maximum atomic E-state index is 9.29. The second kappa shape index (κ2) is 7.57. The van der Waals surface area contributed by atoms with Gasteiger partial charge < -0.3 is 10.4 Å². The first-order chi connectivity index (χ1) is 10.5. The zero-order valence-corrected chi connectivity index (χ0v) is 13.9. The summed E-state index contributed by atoms with van der Waals surface area (Å²) in [6.07, 6.45) is 4.88. The summed E-state index contributed by atoms with van der Waals surface area (Å²) < 4.78 is 0. The minimum Gasteiger partial charge on any atom is -0.513 e. The largest absolute Gasteiger partial charge is 0.513 e. The first kappa shape index (κ1) is 16.7. The number of rotatable bonds is 6. The van der Waals surface area contributed by atoms with Crippen molar-refractivity contribution in [3.8, 4) is 0 Å². The van der Waals surface area contributed by atoms with E-state index < -0.39 is 0 Å². The molecule has 1 aliphatic rings. The molecule has 117 valence electrons. The Kier molecular flexibility index (Phi) is 5.76. The summed E-state index contributed by atoms with van der Waals surface area (Å²) in [5, 5.41) is 12.8. The molecule has 2 N–H and O–H groups in total. The SMILES string of the molecule is C=C(O)CC1C[B]C(NC(=C)Cc2cccc(C)c2C)CC1. The van der Waals surface area contributed by atoms with Gasteiger partial charge >= 0.3 is 0 Å². The van der Waals surface area contributed by atoms with Gasteiger partial charge in [-0.1, -0.05) is 37.7 Å². The topological polar surface area (TPSA) is 32.3 Å². The molecule has 3 heteroatoms. The highest BCUT2D eigenvalue weighted by molar-refractivity contribution is 6.38. The standard InChI is InChI=1S/C19H27BNO/c1-13-6-5-7-18(16(13)4)10-14(2)21-19-9-8-17(12-20-19)11-15(3)22/h5-7,17,19,21-22H,2-3,8-12H2,1,4H3. The quantitative estimate of drug-likeness (QED) is 0.607. The lowest BCUT2D eigenvalue weighted by Crippen LogP contribution is -2.38. The van der Waals surface area contributed by atoms with Crippen molar-refractivity contribution in [1.82, 2.24) is 5.32 Å². The predicted octanol–water partition coefficient (Wildman–Crippen LogP) is 4.27. The summed E-state index contributed by atoms with van der Waals surface area (Å²) in [5.41, 5.74) is 5.13. The molecule has 2 nitrogen and oxygen atoms in total. The Bertz CT molecular complexity index is 544. The average molecular weight is 296 g/mol. The van der Waals surface area contributed by atoms with Crippen LogP contribution in [-0.4, -0.2) is 18.3 Å². The molecule has 2 unspecified atom stereocenters. The third-order valence-electron chi connectivity index (χ3n) is 4.67. The molecule has 0 spiro atoms. The third-order valence-corrected chi connectivity index (χ3v) is 4.67. The fourth-order valence-corrected chi connectivity index (χ4v) is 3.20. The molecule has 0 saturated carbocycles. The number of nitrogens with one attached hydrogen (secondary N) is 1. The van der Waals surface area contributed by atoms with Gasteiger partial charge in [-0.3, -0.25) is 0 Å². The van der Waals surface area contributed by atoms with Gasteiger partial charge in [0.05, 0.1) is 5.76 Å². The number of hydrogen-bond donors (Lipinski definition) is 2. The third kappa shape index (κ3) is 4.69. The van der Waals surface area contributed by atoms with E-state index in [1.165, 1.54) is 16.7 Å². The highest BCUT2D eigenvalue weighted by Gasteiger charge is 2.22. The summed E-state index contributed by atoms with van der Waals surface area (Å²) >= 11 is 0. The molecule has 2 rings (SSSR count). The molecule has 0 amide bonds. The molecule has 22 heavy (non-hydrogen) atoms. The van der Waals surface area contributed by atoms with Crippen LogP contribution in [0.2, 0.25) is 6.32 Å². The Labute approximate surface area is 135 Å². The van der Waals surface area contributed by atoms with E-state index in [0.717, 1.165) is 37.7 Å². The van der Waals surface area contributed by atoms with E-state index in [9.17, 15) is 5.11 Å². The second-order valence-electron chi connectivity index (χ2n) is 6.58. The maximum absolute atomic E-state index is 9.29. The van der Waals surface area contributed by atoms with E-state index in [2.05, 4.69) is 57.8 Å². The van der Waals surface area contributed by atoms with Gasteiger partial charge in [0.1, 0.15) is 7.28 Å². The van der Waals surface area contributed by atoms with Crippen LogP contribution in [0.5, 0.6) is 0 Å². The molecule has 0 bridgehead atoms. The molecule has 1 heterocycles. The number of aliphatic hydroxyl groups is 1. The van der Waals surface area contributed by atoms with Gasteiger partial charge in [-0.15, -0.1) is 0 Å². The number of benzene rings is 1. The van der Waals surface area contributed by atoms with Crippen LogP contribution in [0.1, 0.15) is 36.0 Å². The first-order valence-corrected chi connectivity index (χ1v) is 8.15. The summed E-state index contributed by atoms with van der Waals surface area (Å²) in [6.45, 7) is 12.1. The number of aryl methyl sites for hydroxylation is 1. The average Bonchev–Trinajstić information content (AvgIpc) is 2.45. The molecule has 1 saturated heterocycles. The van der Waals surface area contributed by atoms with Crippen molar-refractivity contribution in [2.24, 2.45) is 5.92 Å². The molecule has 0 aliphatic carbocycles. The second-order valence-corrected chi connectivity index (χ2v) is 6.58. The van der Waals surface area contributed by atoms with Crippen LogP contribution in [-0.2, 0) is 6.42 Å². The van der Waals surface area contributed by atoms with Crippen LogP contribution >= 0.6 is 0 Å². The van der Waals surface area contributed by atoms with Gasteiger partial charge in [-0.25, -0.2) is 0 Å². The van der Waals surface area contributed by atoms with E-state index >= 15 is 0 Å². The smallest absolute Gasteiger partial charge is 0.140 e. The Morgan fingerprint density at radius 2 is 2.09 bits per heavy atom. The highest BCUT2D eigenvalue weighted by Crippen LogP contribution is 2.25. The van der Waals surface area contributed by atoms with Gasteiger partial charge in [0, 0.05) is 18.5 Å². The molecule has 0 aromatic heterocycles. The Balaban J connectivity index is 1.81. The lowest BCUT2D eigenvalue weighted by Gasteiger charge is -2.29. The minimum atomic E-state index is 0.309. The normalized spacial score (nSPS) is 21.0. The summed E-state index contributed by atoms with van der Waals surface area (Å²) in [6, 6.07) is 6.45. The van der Waals surface area contributed by atoms with Gasteiger partial charge in [0.15, 0.2) is 0 Å². The summed E-state index contributed by atoms with van der Waals surface area (Å²) in [4.78, 5) is 0. The van der Waals surface area contributed by atoms with Crippen molar-refractivity contribution in [2.75, 3.05) is 0 Å². The van der Waals surface area contributed by atoms with E-state index in [4.69, 9.17) is 0 Å². The summed E-state index contributed by atoms with van der Waals surface area (Å²) in [5.74, 6) is 1.26. The van der Waals surface area contributed by atoms with Crippen molar-refractivity contribution in [1.29, 1.82) is 0 Å². The van der Waals surface area contributed by atoms with Crippen molar-refractivity contribution < 1.29 is 5.11 Å². The van der Waals surface area contributed by atoms with Crippen LogP contribution < -0.4 is 5.32 Å². The molecule has 1 radical (unpaired) electrons. The van der Waals surface area contributed by atoms with Gasteiger partial charge in [-0.2, -0.15) is 0 Å². The summed E-state index contributed by atoms with van der Waals surface area (Å²) in [7, 11) is 2.32. The number of hydrogen-bond acceptors (Lipinski definition) is 2. The maximum Gasteiger partial charge on any atom is 0.140 e. The van der Waals surface area contributed by atoms with Crippen molar-refractivity contribution in [2.45, 2.75) is 51.8 Å². The lowest BCUT2D eigenvalue weighted by atomic mass is 9.56. The van der Waals surface area contributed by atoms with E-state index in [-0.39, 0.29) is 0 Å². The minimum absolute atomic E-state index is 0.309. The zero-order chi connectivity index (χ0) is 16.1. The van der Waals surface area contributed by atoms with Crippen molar-refractivity contribution in [3.63, 3.8) is 0 Å². The Morgan fingerprint density at radius 1 is 1.32 bits per heavy atom. The lowest BCUT2D eigenvalue weighted by molar-refractivity contribution is 0.341. The van der Waals surface area contributed by atoms with Crippen LogP contribution in [0.4, 0.5) is 0 Å². The monoisotopic (exact) mass is 296 g/mol. The van der Waals surface area contributed by atoms with Crippen LogP contribution in [0.15, 0.2) is 42.8 Å². The molecular formula is C19H27BNO. The number of aliphatic hydroxyl groups excluding tert-OH is 1. The molecule has 2 atom stereocenters. The number of allylic oxidation sites excluding steroid dienone is 2. The van der Waals surface area contributed by atoms with Crippen LogP contribution in [0.3, 0.4) is 0 Å². The van der Waals surface area contributed by atoms with Gasteiger partial charge in [-0.05, 0) is 55.2 Å². The Hall–Kier alpha value is -1.64. The van der Waals surface area contributed by atoms with E-state index in [0.29, 0.717) is 17.6 Å². The zero-order valence-electron chi connectivity index (χ0n) is 13.9. The molecule has 1 aliphatic heterocycles. The van der Waals surface area contributed by atoms with Gasteiger partial charge in [0.2, 0.25) is 0 Å². The predicted molar refractivity (Wildman–Crippen MR) is 95.4 cm³/mol. The van der Waals surface area contributed by atoms with Crippen LogP contribution in [0.25, 0.3) is 0 Å². The van der Waals surface area contributed by atoms with E-state index in [1.54, 1.807) is 0 Å². The van der Waals surface area contributed by atoms with Crippen LogP contribution in [0, 0.1) is 19.8 Å². The van der Waals surface area contributed by atoms with Crippen molar-refractivity contribution in [3.05, 3.63) is 59.5 Å². The van der Waals surface area contributed by atoms with Gasteiger partial charge in [0.25, 0.3) is 0 Å². The first-order valence-electron chi connectivity index (χ1n) is 8.15. The van der Waals surface area contributed by atoms with E-state index in [1.807, 2.05) is 0 Å². The fourth-order valence-electron chi connectivity index (χ4n) is 3.20. The van der Waals surface area contributed by atoms with Crippen molar-refractivity contribution >= 4 is 7.28 Å².